The number of methoxy groups -OCH3 is 1. The second-order valence-corrected chi connectivity index (χ2v) is 9.92. The average Bonchev–Trinajstić information content (AvgIpc) is 3.39. The zero-order valence-electron chi connectivity index (χ0n) is 21.1. The van der Waals surface area contributed by atoms with E-state index in [1.54, 1.807) is 11.0 Å². The maximum absolute atomic E-state index is 11.5. The molecular formula is C28H25ClN8O2. The van der Waals surface area contributed by atoms with Gasteiger partial charge in [-0.1, -0.05) is 42.6 Å². The van der Waals surface area contributed by atoms with Gasteiger partial charge in [-0.3, -0.25) is 15.0 Å². The molecule has 39 heavy (non-hydrogen) atoms. The van der Waals surface area contributed by atoms with Crippen LogP contribution in [-0.4, -0.2) is 48.2 Å². The predicted molar refractivity (Wildman–Crippen MR) is 147 cm³/mol. The lowest BCUT2D eigenvalue weighted by Gasteiger charge is -2.18. The number of tetrazole rings is 1. The van der Waals surface area contributed by atoms with Crippen molar-refractivity contribution in [3.05, 3.63) is 90.2 Å². The molecule has 3 aromatic heterocycles. The normalized spacial score (nSPS) is 13.7. The Hall–Kier alpha value is -4.57. The molecule has 1 unspecified atom stereocenters. The summed E-state index contributed by atoms with van der Waals surface area (Å²) in [5, 5.41) is 19.5. The van der Waals surface area contributed by atoms with E-state index >= 15 is 0 Å². The van der Waals surface area contributed by atoms with Crippen molar-refractivity contribution in [3.63, 3.8) is 0 Å². The van der Waals surface area contributed by atoms with E-state index in [9.17, 15) is 4.79 Å². The SMILES string of the molecule is COC(=O)Nc1ccc(-c2cnn(C(CC3CC3)c3ccc(-c4cc(Cl)ccc4-n4cnnn4)cn3)c2)cc1. The highest BCUT2D eigenvalue weighted by Crippen LogP contribution is 2.39. The quantitative estimate of drug-likeness (QED) is 0.264. The molecule has 1 N–H and O–H groups in total. The van der Waals surface area contributed by atoms with Crippen LogP contribution in [0.1, 0.15) is 31.0 Å². The van der Waals surface area contributed by atoms with Gasteiger partial charge in [0.1, 0.15) is 6.33 Å². The molecular weight excluding hydrogens is 516 g/mol. The second kappa shape index (κ2) is 10.7. The minimum Gasteiger partial charge on any atom is -0.453 e. The summed E-state index contributed by atoms with van der Waals surface area (Å²) >= 11 is 6.33. The summed E-state index contributed by atoms with van der Waals surface area (Å²) in [6, 6.07) is 17.3. The molecule has 1 aliphatic carbocycles. The number of carbonyl (C=O) groups excluding carboxylic acids is 1. The molecule has 1 saturated carbocycles. The highest BCUT2D eigenvalue weighted by Gasteiger charge is 2.29. The third kappa shape index (κ3) is 5.51. The zero-order chi connectivity index (χ0) is 26.8. The number of hydrogen-bond acceptors (Lipinski definition) is 7. The Labute approximate surface area is 229 Å². The van der Waals surface area contributed by atoms with Gasteiger partial charge in [0.2, 0.25) is 0 Å². The van der Waals surface area contributed by atoms with Gasteiger partial charge < -0.3 is 4.74 Å². The number of aromatic nitrogens is 7. The number of pyridine rings is 1. The second-order valence-electron chi connectivity index (χ2n) is 9.49. The van der Waals surface area contributed by atoms with E-state index in [-0.39, 0.29) is 6.04 Å². The molecule has 1 atom stereocenters. The molecule has 0 aliphatic heterocycles. The smallest absolute Gasteiger partial charge is 0.411 e. The van der Waals surface area contributed by atoms with E-state index in [1.807, 2.05) is 59.5 Å². The highest BCUT2D eigenvalue weighted by atomic mass is 35.5. The summed E-state index contributed by atoms with van der Waals surface area (Å²) in [7, 11) is 1.34. The number of hydrogen-bond donors (Lipinski definition) is 1. The standard InChI is InChI=1S/C28H25ClN8O2/c1-39-28(38)33-23-8-4-19(5-9-23)21-15-32-36(16-21)27(12-18-2-3-18)25-10-6-20(14-30-25)24-13-22(29)7-11-26(24)37-17-31-34-35-37/h4-11,13-18,27H,2-3,12H2,1H3,(H,33,38). The average molecular weight is 541 g/mol. The van der Waals surface area contributed by atoms with E-state index in [0.29, 0.717) is 16.6 Å². The van der Waals surface area contributed by atoms with Crippen LogP contribution in [0.5, 0.6) is 0 Å². The Balaban J connectivity index is 1.27. The van der Waals surface area contributed by atoms with Crippen LogP contribution in [0.15, 0.2) is 79.5 Å². The summed E-state index contributed by atoms with van der Waals surface area (Å²) in [4.78, 5) is 16.3. The topological polar surface area (TPSA) is 113 Å². The lowest BCUT2D eigenvalue weighted by Crippen LogP contribution is -2.13. The number of nitrogens with one attached hydrogen (secondary N) is 1. The van der Waals surface area contributed by atoms with E-state index < -0.39 is 6.09 Å². The summed E-state index contributed by atoms with van der Waals surface area (Å²) in [6.07, 6.45) is 10.3. The van der Waals surface area contributed by atoms with Crippen LogP contribution in [-0.2, 0) is 4.74 Å². The fraction of sp³-hybridized carbons (Fsp3) is 0.214. The molecule has 1 aliphatic rings. The molecule has 0 saturated heterocycles. The summed E-state index contributed by atoms with van der Waals surface area (Å²) in [5.41, 5.74) is 6.22. The third-order valence-electron chi connectivity index (χ3n) is 6.82. The maximum Gasteiger partial charge on any atom is 0.411 e. The minimum absolute atomic E-state index is 0.0129. The van der Waals surface area contributed by atoms with Crippen molar-refractivity contribution in [1.29, 1.82) is 0 Å². The number of rotatable bonds is 8. The molecule has 1 fully saturated rings. The lowest BCUT2D eigenvalue weighted by atomic mass is 10.0. The van der Waals surface area contributed by atoms with Crippen LogP contribution < -0.4 is 5.32 Å². The third-order valence-corrected chi connectivity index (χ3v) is 7.05. The number of halogens is 1. The fourth-order valence-electron chi connectivity index (χ4n) is 4.58. The van der Waals surface area contributed by atoms with Crippen LogP contribution in [0.25, 0.3) is 27.9 Å². The van der Waals surface area contributed by atoms with E-state index in [4.69, 9.17) is 21.7 Å². The molecule has 10 nitrogen and oxygen atoms in total. The minimum atomic E-state index is -0.501. The molecule has 196 valence electrons. The summed E-state index contributed by atoms with van der Waals surface area (Å²) < 4.78 is 8.27. The van der Waals surface area contributed by atoms with Gasteiger partial charge in [0.25, 0.3) is 0 Å². The Kier molecular flexibility index (Phi) is 6.76. The Morgan fingerprint density at radius 2 is 1.90 bits per heavy atom. The van der Waals surface area contributed by atoms with Crippen molar-refractivity contribution < 1.29 is 9.53 Å². The molecule has 2 aromatic carbocycles. The number of ether oxygens (including phenoxy) is 1. The van der Waals surface area contributed by atoms with Gasteiger partial charge in [-0.25, -0.2) is 4.79 Å². The first-order valence-electron chi connectivity index (χ1n) is 12.6. The molecule has 1 amide bonds. The number of nitrogens with zero attached hydrogens (tertiary/aromatic N) is 7. The van der Waals surface area contributed by atoms with Crippen molar-refractivity contribution in [2.45, 2.75) is 25.3 Å². The van der Waals surface area contributed by atoms with Gasteiger partial charge in [-0.15, -0.1) is 5.10 Å². The predicted octanol–water partition coefficient (Wildman–Crippen LogP) is 5.81. The molecule has 0 radical (unpaired) electrons. The maximum atomic E-state index is 11.5. The number of amides is 1. The van der Waals surface area contributed by atoms with E-state index in [2.05, 4.69) is 43.9 Å². The van der Waals surface area contributed by atoms with Gasteiger partial charge in [0, 0.05) is 39.8 Å². The van der Waals surface area contributed by atoms with E-state index in [0.717, 1.165) is 40.1 Å². The summed E-state index contributed by atoms with van der Waals surface area (Å²) in [6.45, 7) is 0. The number of anilines is 1. The van der Waals surface area contributed by atoms with Crippen LogP contribution in [0, 0.1) is 5.92 Å². The Morgan fingerprint density at radius 3 is 2.59 bits per heavy atom. The zero-order valence-corrected chi connectivity index (χ0v) is 21.9. The van der Waals surface area contributed by atoms with Crippen molar-refractivity contribution in [2.75, 3.05) is 12.4 Å². The fourth-order valence-corrected chi connectivity index (χ4v) is 4.75. The lowest BCUT2D eigenvalue weighted by molar-refractivity contribution is 0.187. The largest absolute Gasteiger partial charge is 0.453 e. The molecule has 3 heterocycles. The van der Waals surface area contributed by atoms with Crippen molar-refractivity contribution in [2.24, 2.45) is 5.92 Å². The van der Waals surface area contributed by atoms with Gasteiger partial charge in [0.15, 0.2) is 0 Å². The monoisotopic (exact) mass is 540 g/mol. The van der Waals surface area contributed by atoms with Gasteiger partial charge >= 0.3 is 6.09 Å². The van der Waals surface area contributed by atoms with Gasteiger partial charge in [0.05, 0.1) is 30.7 Å². The number of benzene rings is 2. The van der Waals surface area contributed by atoms with Crippen LogP contribution in [0.3, 0.4) is 0 Å². The molecule has 6 rings (SSSR count). The van der Waals surface area contributed by atoms with Crippen LogP contribution >= 0.6 is 11.6 Å². The Bertz CT molecular complexity index is 1580. The summed E-state index contributed by atoms with van der Waals surface area (Å²) in [5.74, 6) is 0.673. The molecule has 11 heteroatoms. The molecule has 0 bridgehead atoms. The number of carbonyl (C=O) groups is 1. The van der Waals surface area contributed by atoms with Crippen molar-refractivity contribution in [1.82, 2.24) is 35.0 Å². The first-order chi connectivity index (χ1) is 19.1. The Morgan fingerprint density at radius 1 is 1.08 bits per heavy atom. The van der Waals surface area contributed by atoms with E-state index in [1.165, 1.54) is 20.0 Å². The van der Waals surface area contributed by atoms with Crippen LogP contribution in [0.4, 0.5) is 10.5 Å². The molecule has 0 spiro atoms. The van der Waals surface area contributed by atoms with Crippen molar-refractivity contribution in [3.8, 4) is 27.9 Å². The first-order valence-corrected chi connectivity index (χ1v) is 12.9. The van der Waals surface area contributed by atoms with Crippen LogP contribution in [0.2, 0.25) is 5.02 Å². The van der Waals surface area contributed by atoms with Crippen molar-refractivity contribution >= 4 is 23.4 Å². The molecule has 5 aromatic rings. The highest BCUT2D eigenvalue weighted by molar-refractivity contribution is 6.31. The van der Waals surface area contributed by atoms with Gasteiger partial charge in [-0.2, -0.15) is 9.78 Å². The van der Waals surface area contributed by atoms with Gasteiger partial charge in [-0.05, 0) is 64.7 Å². The first kappa shape index (κ1) is 24.7.